The average Bonchev–Trinajstić information content (AvgIpc) is 2.41. The molecule has 0 saturated carbocycles. The Kier molecular flexibility index (Phi) is 4.56. The number of benzene rings is 1. The third-order valence-corrected chi connectivity index (χ3v) is 3.73. The van der Waals surface area contributed by atoms with Gasteiger partial charge in [-0.05, 0) is 55.2 Å². The van der Waals surface area contributed by atoms with Crippen LogP contribution in [0.2, 0.25) is 5.02 Å². The standard InChI is InChI=1S/C16H19ClN2/c1-11-5-6-15(17)9-13(11)8-14(10-18)16-12(2)4-3-7-19-16/h3-7,9,14H,8,10,18H2,1-2H3. The van der Waals surface area contributed by atoms with Gasteiger partial charge in [0.25, 0.3) is 0 Å². The van der Waals surface area contributed by atoms with Gasteiger partial charge in [-0.15, -0.1) is 0 Å². The van der Waals surface area contributed by atoms with E-state index in [1.54, 1.807) is 0 Å². The van der Waals surface area contributed by atoms with Gasteiger partial charge in [0.2, 0.25) is 0 Å². The van der Waals surface area contributed by atoms with Crippen LogP contribution >= 0.6 is 11.6 Å². The Morgan fingerprint density at radius 2 is 2.00 bits per heavy atom. The third-order valence-electron chi connectivity index (χ3n) is 3.50. The van der Waals surface area contributed by atoms with Crippen molar-refractivity contribution < 1.29 is 0 Å². The Balaban J connectivity index is 2.29. The first-order valence-corrected chi connectivity index (χ1v) is 6.86. The molecule has 2 rings (SSSR count). The number of aryl methyl sites for hydroxylation is 2. The number of aromatic nitrogens is 1. The number of halogens is 1. The van der Waals surface area contributed by atoms with Crippen LogP contribution in [0.25, 0.3) is 0 Å². The molecule has 0 spiro atoms. The van der Waals surface area contributed by atoms with Crippen molar-refractivity contribution in [3.05, 3.63) is 63.9 Å². The van der Waals surface area contributed by atoms with Gasteiger partial charge in [0.1, 0.15) is 0 Å². The van der Waals surface area contributed by atoms with E-state index in [2.05, 4.69) is 31.0 Å². The van der Waals surface area contributed by atoms with E-state index in [0.29, 0.717) is 6.54 Å². The predicted molar refractivity (Wildman–Crippen MR) is 80.7 cm³/mol. The molecule has 3 heteroatoms. The molecular weight excluding hydrogens is 256 g/mol. The lowest BCUT2D eigenvalue weighted by Gasteiger charge is -2.18. The van der Waals surface area contributed by atoms with Gasteiger partial charge in [-0.1, -0.05) is 23.7 Å². The highest BCUT2D eigenvalue weighted by Gasteiger charge is 2.15. The van der Waals surface area contributed by atoms with E-state index in [1.807, 2.05) is 24.4 Å². The number of nitrogens with zero attached hydrogens (tertiary/aromatic N) is 1. The van der Waals surface area contributed by atoms with Gasteiger partial charge < -0.3 is 5.73 Å². The highest BCUT2D eigenvalue weighted by Crippen LogP contribution is 2.24. The fourth-order valence-electron chi connectivity index (χ4n) is 2.34. The van der Waals surface area contributed by atoms with Crippen LogP contribution in [0, 0.1) is 13.8 Å². The van der Waals surface area contributed by atoms with Crippen molar-refractivity contribution in [3.8, 4) is 0 Å². The summed E-state index contributed by atoms with van der Waals surface area (Å²) in [6.07, 6.45) is 2.70. The van der Waals surface area contributed by atoms with Gasteiger partial charge in [0, 0.05) is 29.4 Å². The van der Waals surface area contributed by atoms with E-state index in [0.717, 1.165) is 17.1 Å². The maximum Gasteiger partial charge on any atom is 0.0479 e. The second-order valence-electron chi connectivity index (χ2n) is 4.91. The molecule has 0 amide bonds. The van der Waals surface area contributed by atoms with Gasteiger partial charge in [-0.25, -0.2) is 0 Å². The maximum absolute atomic E-state index is 6.07. The molecule has 0 bridgehead atoms. The lowest BCUT2D eigenvalue weighted by atomic mass is 9.91. The van der Waals surface area contributed by atoms with Crippen molar-refractivity contribution in [1.29, 1.82) is 0 Å². The summed E-state index contributed by atoms with van der Waals surface area (Å²) < 4.78 is 0. The quantitative estimate of drug-likeness (QED) is 0.925. The third kappa shape index (κ3) is 3.34. The summed E-state index contributed by atoms with van der Waals surface area (Å²) in [5.41, 5.74) is 10.7. The van der Waals surface area contributed by atoms with Gasteiger partial charge >= 0.3 is 0 Å². The van der Waals surface area contributed by atoms with Crippen LogP contribution in [0.5, 0.6) is 0 Å². The van der Waals surface area contributed by atoms with Crippen molar-refractivity contribution in [2.24, 2.45) is 5.73 Å². The summed E-state index contributed by atoms with van der Waals surface area (Å²) in [7, 11) is 0. The lowest BCUT2D eigenvalue weighted by molar-refractivity contribution is 0.665. The number of hydrogen-bond donors (Lipinski definition) is 1. The topological polar surface area (TPSA) is 38.9 Å². The number of nitrogens with two attached hydrogens (primary N) is 1. The minimum absolute atomic E-state index is 0.235. The van der Waals surface area contributed by atoms with Crippen molar-refractivity contribution in [3.63, 3.8) is 0 Å². The second-order valence-corrected chi connectivity index (χ2v) is 5.35. The van der Waals surface area contributed by atoms with Crippen molar-refractivity contribution in [1.82, 2.24) is 4.98 Å². The molecule has 0 fully saturated rings. The van der Waals surface area contributed by atoms with Crippen molar-refractivity contribution in [2.75, 3.05) is 6.54 Å². The van der Waals surface area contributed by atoms with E-state index in [4.69, 9.17) is 17.3 Å². The normalized spacial score (nSPS) is 12.4. The first-order valence-electron chi connectivity index (χ1n) is 6.48. The smallest absolute Gasteiger partial charge is 0.0479 e. The van der Waals surface area contributed by atoms with Crippen LogP contribution in [0.4, 0.5) is 0 Å². The number of pyridine rings is 1. The largest absolute Gasteiger partial charge is 0.330 e. The Morgan fingerprint density at radius 1 is 1.21 bits per heavy atom. The molecule has 0 aliphatic carbocycles. The Labute approximate surface area is 119 Å². The molecule has 100 valence electrons. The monoisotopic (exact) mass is 274 g/mol. The maximum atomic E-state index is 6.07. The molecule has 1 atom stereocenters. The molecule has 1 heterocycles. The van der Waals surface area contributed by atoms with E-state index < -0.39 is 0 Å². The summed E-state index contributed by atoms with van der Waals surface area (Å²) in [5.74, 6) is 0.235. The Hall–Kier alpha value is -1.38. The SMILES string of the molecule is Cc1ccc(Cl)cc1CC(CN)c1ncccc1C. The van der Waals surface area contributed by atoms with Crippen molar-refractivity contribution in [2.45, 2.75) is 26.2 Å². The first kappa shape index (κ1) is 14.0. The van der Waals surface area contributed by atoms with E-state index in [1.165, 1.54) is 16.7 Å². The van der Waals surface area contributed by atoms with E-state index >= 15 is 0 Å². The molecule has 19 heavy (non-hydrogen) atoms. The summed E-state index contributed by atoms with van der Waals surface area (Å²) in [6.45, 7) is 4.77. The molecular formula is C16H19ClN2. The highest BCUT2D eigenvalue weighted by molar-refractivity contribution is 6.30. The van der Waals surface area contributed by atoms with Gasteiger partial charge in [-0.2, -0.15) is 0 Å². The Bertz CT molecular complexity index is 566. The molecule has 2 aromatic rings. The zero-order chi connectivity index (χ0) is 13.8. The molecule has 1 aromatic heterocycles. The molecule has 2 nitrogen and oxygen atoms in total. The lowest BCUT2D eigenvalue weighted by Crippen LogP contribution is -2.17. The van der Waals surface area contributed by atoms with Crippen LogP contribution in [0.1, 0.15) is 28.3 Å². The molecule has 0 radical (unpaired) electrons. The fraction of sp³-hybridized carbons (Fsp3) is 0.312. The van der Waals surface area contributed by atoms with E-state index in [-0.39, 0.29) is 5.92 Å². The van der Waals surface area contributed by atoms with Crippen LogP contribution in [0.15, 0.2) is 36.5 Å². The van der Waals surface area contributed by atoms with Crippen LogP contribution in [-0.4, -0.2) is 11.5 Å². The van der Waals surface area contributed by atoms with Gasteiger partial charge in [0.15, 0.2) is 0 Å². The molecule has 1 unspecified atom stereocenters. The minimum Gasteiger partial charge on any atom is -0.330 e. The predicted octanol–water partition coefficient (Wildman–Crippen LogP) is 3.64. The van der Waals surface area contributed by atoms with Crippen LogP contribution < -0.4 is 5.73 Å². The summed E-state index contributed by atoms with van der Waals surface area (Å²) in [6, 6.07) is 10.0. The van der Waals surface area contributed by atoms with E-state index in [9.17, 15) is 0 Å². The zero-order valence-electron chi connectivity index (χ0n) is 11.4. The minimum atomic E-state index is 0.235. The summed E-state index contributed by atoms with van der Waals surface area (Å²) >= 11 is 6.07. The van der Waals surface area contributed by atoms with Crippen LogP contribution in [-0.2, 0) is 6.42 Å². The highest BCUT2D eigenvalue weighted by atomic mass is 35.5. The zero-order valence-corrected chi connectivity index (χ0v) is 12.1. The Morgan fingerprint density at radius 3 is 2.68 bits per heavy atom. The molecule has 0 aliphatic rings. The number of hydrogen-bond acceptors (Lipinski definition) is 2. The van der Waals surface area contributed by atoms with Crippen LogP contribution in [0.3, 0.4) is 0 Å². The van der Waals surface area contributed by atoms with Gasteiger partial charge in [0.05, 0.1) is 0 Å². The molecule has 0 aliphatic heterocycles. The average molecular weight is 275 g/mol. The van der Waals surface area contributed by atoms with Crippen molar-refractivity contribution >= 4 is 11.6 Å². The first-order chi connectivity index (χ1) is 9.11. The van der Waals surface area contributed by atoms with Gasteiger partial charge in [-0.3, -0.25) is 4.98 Å². The summed E-state index contributed by atoms with van der Waals surface area (Å²) in [5, 5.41) is 0.772. The number of rotatable bonds is 4. The molecule has 1 aromatic carbocycles. The summed E-state index contributed by atoms with van der Waals surface area (Å²) in [4.78, 5) is 4.48. The second kappa shape index (κ2) is 6.18. The molecule has 2 N–H and O–H groups in total. The molecule has 0 saturated heterocycles. The fourth-order valence-corrected chi connectivity index (χ4v) is 2.54.